The summed E-state index contributed by atoms with van der Waals surface area (Å²) in [5, 5.41) is 0. The van der Waals surface area contributed by atoms with E-state index in [1.807, 2.05) is 6.07 Å². The largest absolute Gasteiger partial charge is 0.490 e. The second-order valence-electron chi connectivity index (χ2n) is 5.12. The van der Waals surface area contributed by atoms with Gasteiger partial charge in [-0.25, -0.2) is 4.39 Å². The number of hydrogen-bond donors (Lipinski definition) is 0. The molecule has 1 aliphatic rings. The summed E-state index contributed by atoms with van der Waals surface area (Å²) in [4.78, 5) is 0. The van der Waals surface area contributed by atoms with Gasteiger partial charge in [0.05, 0.1) is 12.7 Å². The fraction of sp³-hybridized carbons (Fsp3) is 0.600. The molecule has 1 saturated heterocycles. The summed E-state index contributed by atoms with van der Waals surface area (Å²) in [6.07, 6.45) is 3.35. The van der Waals surface area contributed by atoms with Gasteiger partial charge in [0.15, 0.2) is 11.6 Å². The van der Waals surface area contributed by atoms with Gasteiger partial charge in [0.2, 0.25) is 0 Å². The zero-order valence-corrected chi connectivity index (χ0v) is 11.1. The van der Waals surface area contributed by atoms with Gasteiger partial charge in [-0.2, -0.15) is 0 Å². The molecule has 0 aliphatic carbocycles. The van der Waals surface area contributed by atoms with Crippen LogP contribution in [0, 0.1) is 5.82 Å². The van der Waals surface area contributed by atoms with E-state index >= 15 is 0 Å². The van der Waals surface area contributed by atoms with Crippen LogP contribution in [0.15, 0.2) is 18.2 Å². The van der Waals surface area contributed by atoms with Gasteiger partial charge in [-0.15, -0.1) is 0 Å². The maximum atomic E-state index is 13.6. The lowest BCUT2D eigenvalue weighted by Gasteiger charge is -2.13. The van der Waals surface area contributed by atoms with Crippen molar-refractivity contribution in [3.8, 4) is 5.75 Å². The smallest absolute Gasteiger partial charge is 0.165 e. The van der Waals surface area contributed by atoms with E-state index in [1.165, 1.54) is 6.07 Å². The fourth-order valence-corrected chi connectivity index (χ4v) is 2.16. The average molecular weight is 252 g/mol. The van der Waals surface area contributed by atoms with Crippen molar-refractivity contribution in [2.24, 2.45) is 0 Å². The molecule has 1 aliphatic heterocycles. The van der Waals surface area contributed by atoms with Crippen molar-refractivity contribution in [2.75, 3.05) is 13.2 Å². The fourth-order valence-electron chi connectivity index (χ4n) is 2.16. The Balaban J connectivity index is 1.89. The van der Waals surface area contributed by atoms with Crippen molar-refractivity contribution in [2.45, 2.75) is 45.1 Å². The molecule has 1 aromatic rings. The summed E-state index contributed by atoms with van der Waals surface area (Å²) in [6.45, 7) is 5.54. The molecular formula is C15H21FO2. The highest BCUT2D eigenvalue weighted by Gasteiger charge is 2.15. The van der Waals surface area contributed by atoms with Crippen molar-refractivity contribution in [1.82, 2.24) is 0 Å². The Bertz CT molecular complexity index is 384. The van der Waals surface area contributed by atoms with Crippen LogP contribution in [0.3, 0.4) is 0 Å². The number of halogens is 1. The molecule has 0 saturated carbocycles. The lowest BCUT2D eigenvalue weighted by atomic mass is 10.0. The molecule has 2 nitrogen and oxygen atoms in total. The minimum absolute atomic E-state index is 0.285. The number of ether oxygens (including phenoxy) is 2. The monoisotopic (exact) mass is 252 g/mol. The van der Waals surface area contributed by atoms with Crippen LogP contribution < -0.4 is 4.74 Å². The van der Waals surface area contributed by atoms with Crippen LogP contribution in [-0.2, 0) is 4.74 Å². The van der Waals surface area contributed by atoms with Crippen LogP contribution >= 0.6 is 0 Å². The first-order valence-corrected chi connectivity index (χ1v) is 6.70. The molecule has 3 heteroatoms. The standard InChI is InChI=1S/C15H21FO2/c1-11(2)12-5-6-14(16)15(10-12)18-9-7-13-4-3-8-17-13/h5-6,10-11,13H,3-4,7-9H2,1-2H3. The molecule has 0 aromatic heterocycles. The molecule has 2 rings (SSSR count). The van der Waals surface area contributed by atoms with Crippen molar-refractivity contribution in [1.29, 1.82) is 0 Å². The van der Waals surface area contributed by atoms with Crippen molar-refractivity contribution >= 4 is 0 Å². The Hall–Kier alpha value is -1.09. The van der Waals surface area contributed by atoms with E-state index in [0.29, 0.717) is 24.4 Å². The molecule has 1 heterocycles. The zero-order valence-electron chi connectivity index (χ0n) is 11.1. The highest BCUT2D eigenvalue weighted by Crippen LogP contribution is 2.24. The van der Waals surface area contributed by atoms with Gasteiger partial charge in [0.1, 0.15) is 0 Å². The highest BCUT2D eigenvalue weighted by molar-refractivity contribution is 5.31. The first-order valence-electron chi connectivity index (χ1n) is 6.70. The van der Waals surface area contributed by atoms with E-state index in [1.54, 1.807) is 6.07 Å². The minimum Gasteiger partial charge on any atom is -0.490 e. The van der Waals surface area contributed by atoms with Gasteiger partial charge in [0, 0.05) is 13.0 Å². The maximum absolute atomic E-state index is 13.6. The topological polar surface area (TPSA) is 18.5 Å². The van der Waals surface area contributed by atoms with Crippen LogP contribution in [0.25, 0.3) is 0 Å². The number of rotatable bonds is 5. The van der Waals surface area contributed by atoms with Crippen molar-refractivity contribution < 1.29 is 13.9 Å². The summed E-state index contributed by atoms with van der Waals surface area (Å²) < 4.78 is 24.6. The first kappa shape index (κ1) is 13.3. The van der Waals surface area contributed by atoms with Crippen LogP contribution in [0.4, 0.5) is 4.39 Å². The quantitative estimate of drug-likeness (QED) is 0.791. The zero-order chi connectivity index (χ0) is 13.0. The van der Waals surface area contributed by atoms with Crippen LogP contribution in [-0.4, -0.2) is 19.3 Å². The SMILES string of the molecule is CC(C)c1ccc(F)c(OCCC2CCCO2)c1. The van der Waals surface area contributed by atoms with E-state index in [0.717, 1.165) is 31.4 Å². The van der Waals surface area contributed by atoms with Crippen LogP contribution in [0.2, 0.25) is 0 Å². The third-order valence-corrected chi connectivity index (χ3v) is 3.34. The second kappa shape index (κ2) is 6.19. The van der Waals surface area contributed by atoms with E-state index < -0.39 is 0 Å². The van der Waals surface area contributed by atoms with E-state index in [9.17, 15) is 4.39 Å². The lowest BCUT2D eigenvalue weighted by molar-refractivity contribution is 0.0897. The number of benzene rings is 1. The summed E-state index contributed by atoms with van der Waals surface area (Å²) >= 11 is 0. The molecule has 0 N–H and O–H groups in total. The molecular weight excluding hydrogens is 231 g/mol. The van der Waals surface area contributed by atoms with Gasteiger partial charge in [-0.05, 0) is 36.5 Å². The van der Waals surface area contributed by atoms with Gasteiger partial charge in [-0.3, -0.25) is 0 Å². The molecule has 0 bridgehead atoms. The normalized spacial score (nSPS) is 19.4. The minimum atomic E-state index is -0.285. The summed E-state index contributed by atoms with van der Waals surface area (Å²) in [7, 11) is 0. The van der Waals surface area contributed by atoms with Crippen LogP contribution in [0.5, 0.6) is 5.75 Å². The van der Waals surface area contributed by atoms with E-state index in [2.05, 4.69) is 13.8 Å². The molecule has 100 valence electrons. The first-order chi connectivity index (χ1) is 8.66. The van der Waals surface area contributed by atoms with E-state index in [4.69, 9.17) is 9.47 Å². The Labute approximate surface area is 108 Å². The molecule has 0 radical (unpaired) electrons. The molecule has 0 amide bonds. The predicted molar refractivity (Wildman–Crippen MR) is 69.6 cm³/mol. The Morgan fingerprint density at radius 1 is 1.44 bits per heavy atom. The summed E-state index contributed by atoms with van der Waals surface area (Å²) in [5.74, 6) is 0.456. The predicted octanol–water partition coefficient (Wildman–Crippen LogP) is 3.90. The van der Waals surface area contributed by atoms with Crippen molar-refractivity contribution in [3.05, 3.63) is 29.6 Å². The maximum Gasteiger partial charge on any atom is 0.165 e. The molecule has 1 fully saturated rings. The second-order valence-corrected chi connectivity index (χ2v) is 5.12. The van der Waals surface area contributed by atoms with Gasteiger partial charge < -0.3 is 9.47 Å². The summed E-state index contributed by atoms with van der Waals surface area (Å²) in [5.41, 5.74) is 1.10. The molecule has 1 aromatic carbocycles. The van der Waals surface area contributed by atoms with Crippen LogP contribution in [0.1, 0.15) is 44.6 Å². The van der Waals surface area contributed by atoms with Gasteiger partial charge in [-0.1, -0.05) is 19.9 Å². The molecule has 18 heavy (non-hydrogen) atoms. The average Bonchev–Trinajstić information content (AvgIpc) is 2.84. The third kappa shape index (κ3) is 3.45. The third-order valence-electron chi connectivity index (χ3n) is 3.34. The highest BCUT2D eigenvalue weighted by atomic mass is 19.1. The Kier molecular flexibility index (Phi) is 4.59. The Morgan fingerprint density at radius 2 is 2.28 bits per heavy atom. The lowest BCUT2D eigenvalue weighted by Crippen LogP contribution is -2.11. The molecule has 0 spiro atoms. The molecule has 1 unspecified atom stereocenters. The Morgan fingerprint density at radius 3 is 2.94 bits per heavy atom. The van der Waals surface area contributed by atoms with Gasteiger partial charge >= 0.3 is 0 Å². The van der Waals surface area contributed by atoms with Gasteiger partial charge in [0.25, 0.3) is 0 Å². The summed E-state index contributed by atoms with van der Waals surface area (Å²) in [6, 6.07) is 5.10. The van der Waals surface area contributed by atoms with E-state index in [-0.39, 0.29) is 5.82 Å². The molecule has 1 atom stereocenters. The van der Waals surface area contributed by atoms with Crippen molar-refractivity contribution in [3.63, 3.8) is 0 Å². The number of hydrogen-bond acceptors (Lipinski definition) is 2.